The first-order valence-electron chi connectivity index (χ1n) is 10.3. The maximum absolute atomic E-state index is 12.9. The SMILES string of the molecule is O=C(Nc1ccc(C(=O)N2CCCC(C(=O)NC3CC3)C2)cc1)c1ccccc1Cl. The van der Waals surface area contributed by atoms with Crippen molar-refractivity contribution >= 4 is 35.0 Å². The molecule has 0 bridgehead atoms. The van der Waals surface area contributed by atoms with Crippen LogP contribution in [0.3, 0.4) is 0 Å². The van der Waals surface area contributed by atoms with E-state index in [4.69, 9.17) is 11.6 Å². The fourth-order valence-electron chi connectivity index (χ4n) is 3.64. The van der Waals surface area contributed by atoms with Gasteiger partial charge in [0.1, 0.15) is 0 Å². The number of hydrogen-bond donors (Lipinski definition) is 2. The number of likely N-dealkylation sites (tertiary alicyclic amines) is 1. The van der Waals surface area contributed by atoms with Gasteiger partial charge in [-0.3, -0.25) is 14.4 Å². The predicted molar refractivity (Wildman–Crippen MR) is 116 cm³/mol. The zero-order valence-corrected chi connectivity index (χ0v) is 17.3. The van der Waals surface area contributed by atoms with Gasteiger partial charge >= 0.3 is 0 Å². The lowest BCUT2D eigenvalue weighted by Crippen LogP contribution is -2.45. The normalized spacial score (nSPS) is 18.6. The summed E-state index contributed by atoms with van der Waals surface area (Å²) in [5.74, 6) is -0.478. The molecule has 1 aliphatic carbocycles. The molecule has 1 aliphatic heterocycles. The molecule has 0 aromatic heterocycles. The highest BCUT2D eigenvalue weighted by molar-refractivity contribution is 6.34. The standard InChI is InChI=1S/C23H24ClN3O3/c24-20-6-2-1-5-19(20)22(29)26-17-9-7-15(8-10-17)23(30)27-13-3-4-16(14-27)21(28)25-18-11-12-18/h1-2,5-10,16,18H,3-4,11-14H2,(H,25,28)(H,26,29). The van der Waals surface area contributed by atoms with E-state index in [1.54, 1.807) is 53.4 Å². The van der Waals surface area contributed by atoms with Crippen molar-refractivity contribution in [1.29, 1.82) is 0 Å². The first-order chi connectivity index (χ1) is 14.5. The first kappa shape index (κ1) is 20.4. The highest BCUT2D eigenvalue weighted by Gasteiger charge is 2.32. The minimum absolute atomic E-state index is 0.0626. The largest absolute Gasteiger partial charge is 0.353 e. The molecule has 156 valence electrons. The van der Waals surface area contributed by atoms with Crippen molar-refractivity contribution < 1.29 is 14.4 Å². The van der Waals surface area contributed by atoms with Crippen molar-refractivity contribution in [1.82, 2.24) is 10.2 Å². The zero-order valence-electron chi connectivity index (χ0n) is 16.6. The Balaban J connectivity index is 1.37. The van der Waals surface area contributed by atoms with Gasteiger partial charge in [-0.05, 0) is 62.1 Å². The van der Waals surface area contributed by atoms with Crippen LogP contribution in [0.1, 0.15) is 46.4 Å². The molecule has 2 aromatic carbocycles. The molecule has 0 spiro atoms. The molecule has 2 fully saturated rings. The molecule has 6 nitrogen and oxygen atoms in total. The van der Waals surface area contributed by atoms with E-state index >= 15 is 0 Å². The van der Waals surface area contributed by atoms with Crippen LogP contribution in [0.4, 0.5) is 5.69 Å². The van der Waals surface area contributed by atoms with Gasteiger partial charge in [-0.15, -0.1) is 0 Å². The van der Waals surface area contributed by atoms with E-state index in [2.05, 4.69) is 10.6 Å². The van der Waals surface area contributed by atoms with Crippen LogP contribution in [0.2, 0.25) is 5.02 Å². The van der Waals surface area contributed by atoms with Gasteiger partial charge in [0.05, 0.1) is 16.5 Å². The van der Waals surface area contributed by atoms with Crippen molar-refractivity contribution in [2.24, 2.45) is 5.92 Å². The number of amides is 3. The van der Waals surface area contributed by atoms with Crippen molar-refractivity contribution in [2.45, 2.75) is 31.7 Å². The summed E-state index contributed by atoms with van der Waals surface area (Å²) in [6, 6.07) is 13.9. The fourth-order valence-corrected chi connectivity index (χ4v) is 3.87. The second kappa shape index (κ2) is 8.88. The summed E-state index contributed by atoms with van der Waals surface area (Å²) >= 11 is 6.06. The Morgan fingerprint density at radius 1 is 0.967 bits per heavy atom. The Morgan fingerprint density at radius 2 is 1.70 bits per heavy atom. The molecule has 1 atom stereocenters. The van der Waals surface area contributed by atoms with E-state index in [-0.39, 0.29) is 23.6 Å². The second-order valence-corrected chi connectivity index (χ2v) is 8.29. The second-order valence-electron chi connectivity index (χ2n) is 7.88. The Bertz CT molecular complexity index is 956. The van der Waals surface area contributed by atoms with E-state index in [1.807, 2.05) is 0 Å². The number of piperidine rings is 1. The summed E-state index contributed by atoms with van der Waals surface area (Å²) in [5.41, 5.74) is 1.51. The molecular weight excluding hydrogens is 402 g/mol. The molecular formula is C23H24ClN3O3. The maximum atomic E-state index is 12.9. The molecule has 2 aromatic rings. The summed E-state index contributed by atoms with van der Waals surface area (Å²) in [5, 5.41) is 6.21. The summed E-state index contributed by atoms with van der Waals surface area (Å²) in [6.07, 6.45) is 3.75. The van der Waals surface area contributed by atoms with Gasteiger partial charge in [-0.1, -0.05) is 23.7 Å². The molecule has 2 N–H and O–H groups in total. The highest BCUT2D eigenvalue weighted by atomic mass is 35.5. The minimum Gasteiger partial charge on any atom is -0.353 e. The van der Waals surface area contributed by atoms with Crippen molar-refractivity contribution in [2.75, 3.05) is 18.4 Å². The molecule has 1 saturated heterocycles. The van der Waals surface area contributed by atoms with E-state index < -0.39 is 0 Å². The molecule has 1 saturated carbocycles. The number of carbonyl (C=O) groups excluding carboxylic acids is 3. The van der Waals surface area contributed by atoms with Gasteiger partial charge in [-0.2, -0.15) is 0 Å². The molecule has 3 amide bonds. The Kier molecular flexibility index (Phi) is 6.04. The van der Waals surface area contributed by atoms with E-state index in [0.717, 1.165) is 25.7 Å². The third-order valence-electron chi connectivity index (χ3n) is 5.51. The lowest BCUT2D eigenvalue weighted by atomic mass is 9.96. The average Bonchev–Trinajstić information content (AvgIpc) is 3.58. The van der Waals surface area contributed by atoms with E-state index in [1.165, 1.54) is 0 Å². The van der Waals surface area contributed by atoms with Crippen molar-refractivity contribution in [3.05, 3.63) is 64.7 Å². The molecule has 7 heteroatoms. The van der Waals surface area contributed by atoms with Gasteiger partial charge < -0.3 is 15.5 Å². The number of nitrogens with zero attached hydrogens (tertiary/aromatic N) is 1. The van der Waals surface area contributed by atoms with Crippen molar-refractivity contribution in [3.63, 3.8) is 0 Å². The number of carbonyl (C=O) groups is 3. The average molecular weight is 426 g/mol. The maximum Gasteiger partial charge on any atom is 0.257 e. The van der Waals surface area contributed by atoms with Crippen LogP contribution in [-0.2, 0) is 4.79 Å². The number of rotatable bonds is 5. The van der Waals surface area contributed by atoms with Gasteiger partial charge in [0.2, 0.25) is 5.91 Å². The van der Waals surface area contributed by atoms with E-state index in [9.17, 15) is 14.4 Å². The molecule has 30 heavy (non-hydrogen) atoms. The van der Waals surface area contributed by atoms with Crippen LogP contribution >= 0.6 is 11.6 Å². The van der Waals surface area contributed by atoms with Crippen LogP contribution in [0.15, 0.2) is 48.5 Å². The quantitative estimate of drug-likeness (QED) is 0.766. The number of halogens is 1. The van der Waals surface area contributed by atoms with Crippen LogP contribution < -0.4 is 10.6 Å². The summed E-state index contributed by atoms with van der Waals surface area (Å²) < 4.78 is 0. The molecule has 1 heterocycles. The number of benzene rings is 2. The molecule has 2 aliphatic rings. The van der Waals surface area contributed by atoms with Crippen LogP contribution in [0.5, 0.6) is 0 Å². The van der Waals surface area contributed by atoms with Gasteiger partial charge in [0, 0.05) is 30.4 Å². The van der Waals surface area contributed by atoms with Crippen LogP contribution in [0.25, 0.3) is 0 Å². The van der Waals surface area contributed by atoms with E-state index in [0.29, 0.717) is 41.0 Å². The zero-order chi connectivity index (χ0) is 21.1. The summed E-state index contributed by atoms with van der Waals surface area (Å²) in [7, 11) is 0. The first-order valence-corrected chi connectivity index (χ1v) is 10.6. The summed E-state index contributed by atoms with van der Waals surface area (Å²) in [4.78, 5) is 39.4. The highest BCUT2D eigenvalue weighted by Crippen LogP contribution is 2.23. The Morgan fingerprint density at radius 3 is 2.40 bits per heavy atom. The number of anilines is 1. The lowest BCUT2D eigenvalue weighted by molar-refractivity contribution is -0.126. The number of nitrogens with one attached hydrogen (secondary N) is 2. The molecule has 1 unspecified atom stereocenters. The third kappa shape index (κ3) is 4.82. The number of hydrogen-bond acceptors (Lipinski definition) is 3. The topological polar surface area (TPSA) is 78.5 Å². The fraction of sp³-hybridized carbons (Fsp3) is 0.348. The van der Waals surface area contributed by atoms with Crippen LogP contribution in [-0.4, -0.2) is 41.8 Å². The Hall–Kier alpha value is -2.86. The molecule has 0 radical (unpaired) electrons. The lowest BCUT2D eigenvalue weighted by Gasteiger charge is -2.32. The summed E-state index contributed by atoms with van der Waals surface area (Å²) in [6.45, 7) is 1.10. The van der Waals surface area contributed by atoms with Gasteiger partial charge in [-0.25, -0.2) is 0 Å². The van der Waals surface area contributed by atoms with Gasteiger partial charge in [0.15, 0.2) is 0 Å². The Labute approximate surface area is 180 Å². The van der Waals surface area contributed by atoms with Crippen LogP contribution in [0, 0.1) is 5.92 Å². The molecule has 4 rings (SSSR count). The smallest absolute Gasteiger partial charge is 0.257 e. The monoisotopic (exact) mass is 425 g/mol. The van der Waals surface area contributed by atoms with Gasteiger partial charge in [0.25, 0.3) is 11.8 Å². The predicted octanol–water partition coefficient (Wildman–Crippen LogP) is 3.72. The third-order valence-corrected chi connectivity index (χ3v) is 5.84. The minimum atomic E-state index is -0.305. The van der Waals surface area contributed by atoms with Crippen molar-refractivity contribution in [3.8, 4) is 0 Å².